The maximum Gasteiger partial charge on any atom is 0.255 e. The number of ketones is 1. The number of likely N-dealkylation sites (tertiary alicyclic amines) is 1. The average Bonchev–Trinajstić information content (AvgIpc) is 3.65. The number of halogens is 1. The minimum Gasteiger partial charge on any atom is -0.668 e. The quantitative estimate of drug-likeness (QED) is 0.122. The third-order valence-electron chi connectivity index (χ3n) is 8.68. The summed E-state index contributed by atoms with van der Waals surface area (Å²) in [6.07, 6.45) is 7.19. The molecule has 15 nitrogen and oxygen atoms in total. The Labute approximate surface area is 303 Å². The van der Waals surface area contributed by atoms with Gasteiger partial charge in [-0.05, 0) is 80.8 Å². The number of amides is 4. The molecule has 0 bridgehead atoms. The lowest BCUT2D eigenvalue weighted by Crippen LogP contribution is -2.53. The maximum absolute atomic E-state index is 13.0. The molecule has 2 aromatic rings. The molecule has 1 saturated heterocycles. The van der Waals surface area contributed by atoms with Gasteiger partial charge in [0.25, 0.3) is 5.91 Å². The van der Waals surface area contributed by atoms with Crippen LogP contribution in [0.25, 0.3) is 5.73 Å². The molecule has 16 heteroatoms. The third-order valence-corrected chi connectivity index (χ3v) is 8.91. The molecule has 1 saturated carbocycles. The minimum absolute atomic E-state index is 0.0319. The number of methoxy groups -OCH3 is 1. The SMILES string of the molecule is NC(=O)COc1ccc(Cl)cc1CNC(=O)[C@H]1CCCN1C(=O)[C@@H](N)C1CCCCC1.[3H][N-]C(=O)CCCOc1cc(N=O)c(C(C)=O)cc1OC. The number of primary amides is 1. The van der Waals surface area contributed by atoms with E-state index in [1.165, 1.54) is 32.6 Å². The van der Waals surface area contributed by atoms with E-state index in [1.807, 2.05) is 0 Å². The van der Waals surface area contributed by atoms with Gasteiger partial charge in [-0.2, -0.15) is 0 Å². The fraction of sp³-hybridized carbons (Fsp3) is 0.514. The molecule has 2 fully saturated rings. The van der Waals surface area contributed by atoms with Crippen LogP contribution in [0.5, 0.6) is 17.2 Å². The predicted molar refractivity (Wildman–Crippen MR) is 190 cm³/mol. The summed E-state index contributed by atoms with van der Waals surface area (Å²) < 4.78 is 22.4. The molecule has 51 heavy (non-hydrogen) atoms. The molecule has 1 aliphatic carbocycles. The van der Waals surface area contributed by atoms with E-state index in [-0.39, 0.29) is 66.7 Å². The van der Waals surface area contributed by atoms with E-state index in [0.717, 1.165) is 32.1 Å². The van der Waals surface area contributed by atoms with Crippen LogP contribution in [-0.4, -0.2) is 73.3 Å². The lowest BCUT2D eigenvalue weighted by molar-refractivity contribution is -0.140. The molecule has 4 rings (SSSR count). The zero-order chi connectivity index (χ0) is 38.2. The van der Waals surface area contributed by atoms with Gasteiger partial charge in [0.15, 0.2) is 23.9 Å². The van der Waals surface area contributed by atoms with Crippen LogP contribution in [0, 0.1) is 10.8 Å². The van der Waals surface area contributed by atoms with Gasteiger partial charge in [0, 0.05) is 35.6 Å². The summed E-state index contributed by atoms with van der Waals surface area (Å²) in [5.41, 5.74) is 14.9. The number of nitroso groups, excluding NO2 is 1. The summed E-state index contributed by atoms with van der Waals surface area (Å²) in [6.45, 7) is 1.92. The topological polar surface area (TPSA) is 234 Å². The van der Waals surface area contributed by atoms with Gasteiger partial charge in [-0.1, -0.05) is 30.9 Å². The number of ether oxygens (including phenoxy) is 3. The van der Waals surface area contributed by atoms with Gasteiger partial charge in [-0.3, -0.25) is 19.2 Å². The lowest BCUT2D eigenvalue weighted by Gasteiger charge is -2.32. The largest absolute Gasteiger partial charge is 0.668 e. The fourth-order valence-electron chi connectivity index (χ4n) is 6.05. The third kappa shape index (κ3) is 12.2. The van der Waals surface area contributed by atoms with Crippen molar-refractivity contribution in [3.63, 3.8) is 0 Å². The number of Topliss-reactive ketones (excluding diaryl/α,β-unsaturated/α-hetero) is 1. The van der Waals surface area contributed by atoms with Crippen LogP contribution >= 0.6 is 11.6 Å². The fourth-order valence-corrected chi connectivity index (χ4v) is 6.24. The highest BCUT2D eigenvalue weighted by atomic mass is 35.5. The molecule has 278 valence electrons. The van der Waals surface area contributed by atoms with E-state index in [2.05, 4.69) is 16.2 Å². The molecule has 6 N–H and O–H groups in total. The normalized spacial score (nSPS) is 16.4. The molecule has 1 aliphatic heterocycles. The van der Waals surface area contributed by atoms with Gasteiger partial charge < -0.3 is 46.4 Å². The van der Waals surface area contributed by atoms with Gasteiger partial charge in [-0.15, -0.1) is 6.32 Å². The first-order valence-electron chi connectivity index (χ1n) is 17.2. The van der Waals surface area contributed by atoms with Gasteiger partial charge in [0.05, 0.1) is 25.3 Å². The monoisotopic (exact) mass is 731 g/mol. The van der Waals surface area contributed by atoms with E-state index in [0.29, 0.717) is 41.5 Å². The number of nitrogens with two attached hydrogens (primary N) is 2. The van der Waals surface area contributed by atoms with Gasteiger partial charge in [0.2, 0.25) is 11.8 Å². The average molecular weight is 732 g/mol. The molecular formula is C35H46ClN6O9-. The number of rotatable bonds is 16. The van der Waals surface area contributed by atoms with Crippen molar-refractivity contribution >= 4 is 46.7 Å². The van der Waals surface area contributed by atoms with Crippen molar-refractivity contribution in [2.75, 3.05) is 26.9 Å². The second-order valence-corrected chi connectivity index (χ2v) is 12.8. The van der Waals surface area contributed by atoms with E-state index in [1.54, 1.807) is 23.1 Å². The summed E-state index contributed by atoms with van der Waals surface area (Å²) in [7, 11) is 1.41. The number of hydrogen-bond acceptors (Lipinski definition) is 11. The maximum atomic E-state index is 13.0. The molecule has 0 spiro atoms. The number of carbonyl (C=O) groups excluding carboxylic acids is 5. The zero-order valence-corrected chi connectivity index (χ0v) is 29.6. The van der Waals surface area contributed by atoms with Gasteiger partial charge in [-0.25, -0.2) is 0 Å². The van der Waals surface area contributed by atoms with Crippen LogP contribution < -0.4 is 31.0 Å². The number of carbonyl (C=O) groups is 5. The highest BCUT2D eigenvalue weighted by molar-refractivity contribution is 6.30. The summed E-state index contributed by atoms with van der Waals surface area (Å²) in [5.74, 6) is -0.634. The van der Waals surface area contributed by atoms with Crippen molar-refractivity contribution in [2.24, 2.45) is 22.6 Å². The van der Waals surface area contributed by atoms with Crippen LogP contribution in [0.4, 0.5) is 5.69 Å². The first-order valence-corrected chi connectivity index (χ1v) is 17.2. The Bertz CT molecular complexity index is 1590. The van der Waals surface area contributed by atoms with Crippen molar-refractivity contribution in [3.05, 3.63) is 57.1 Å². The van der Waals surface area contributed by atoms with Gasteiger partial charge >= 0.3 is 0 Å². The second kappa shape index (κ2) is 20.2. The molecule has 2 atom stereocenters. The summed E-state index contributed by atoms with van der Waals surface area (Å²) >= 11 is 6.07. The highest BCUT2D eigenvalue weighted by Crippen LogP contribution is 2.35. The Balaban J connectivity index is 0.000000304. The Morgan fingerprint density at radius 2 is 1.80 bits per heavy atom. The Hall–Kier alpha value is -4.76. The standard InChI is InChI=1S/C22H31ClN4O4.C13H16N2O5/c23-16-8-9-18(31-13-19(24)28)15(11-16)12-26-21(29)17-7-4-10-27(17)22(30)20(25)14-5-2-1-3-6-14;1-8(16)9-6-11(19-2)12(7-10(9)15-18)20-5-3-4-13(14)17/h8-9,11,14,17,20H,1-7,10,12-13,25H2,(H2,24,28)(H,26,29);6-7H,3-5H2,1-2H3,(H2,14,17)/p-1/t17-,20+;/m1./s1/i/hT. The van der Waals surface area contributed by atoms with Crippen LogP contribution in [0.2, 0.25) is 6.43 Å². The molecule has 1 heterocycles. The Morgan fingerprint density at radius 1 is 1.06 bits per heavy atom. The van der Waals surface area contributed by atoms with Crippen molar-refractivity contribution < 1.29 is 39.6 Å². The number of hydrogen-bond donors (Lipinski definition) is 3. The molecule has 0 radical (unpaired) electrons. The van der Waals surface area contributed by atoms with Crippen LogP contribution in [-0.2, 0) is 25.7 Å². The number of nitrogens with one attached hydrogen (secondary N) is 2. The lowest BCUT2D eigenvalue weighted by atomic mass is 9.83. The van der Waals surface area contributed by atoms with Crippen molar-refractivity contribution in [1.82, 2.24) is 10.2 Å². The zero-order valence-electron chi connectivity index (χ0n) is 29.9. The van der Waals surface area contributed by atoms with Crippen LogP contribution in [0.15, 0.2) is 35.5 Å². The number of benzene rings is 2. The first-order chi connectivity index (χ1) is 24.9. The molecule has 0 unspecified atom stereocenters. The summed E-state index contributed by atoms with van der Waals surface area (Å²) in [6, 6.07) is 6.55. The van der Waals surface area contributed by atoms with Crippen molar-refractivity contribution in [2.45, 2.75) is 83.3 Å². The second-order valence-electron chi connectivity index (χ2n) is 12.4. The first kappa shape index (κ1) is 39.0. The highest BCUT2D eigenvalue weighted by Gasteiger charge is 2.38. The Kier molecular flexibility index (Phi) is 15.4. The summed E-state index contributed by atoms with van der Waals surface area (Å²) in [5, 5.41) is 6.15. The predicted octanol–water partition coefficient (Wildman–Crippen LogP) is 4.75. The minimum atomic E-state index is -0.598. The number of nitrogens with zero attached hydrogens (tertiary/aromatic N) is 2. The smallest absolute Gasteiger partial charge is 0.255 e. The van der Waals surface area contributed by atoms with Crippen LogP contribution in [0.1, 0.15) is 80.6 Å². The molecular weight excluding hydrogens is 684 g/mol. The van der Waals surface area contributed by atoms with E-state index in [4.69, 9.17) is 38.7 Å². The van der Waals surface area contributed by atoms with Crippen LogP contribution in [0.3, 0.4) is 0 Å². The molecule has 2 aliphatic rings. The van der Waals surface area contributed by atoms with Crippen molar-refractivity contribution in [3.8, 4) is 17.2 Å². The molecule has 2 aromatic carbocycles. The van der Waals surface area contributed by atoms with E-state index >= 15 is 0 Å². The molecule has 0 aromatic heterocycles. The van der Waals surface area contributed by atoms with Gasteiger partial charge in [0.1, 0.15) is 17.5 Å². The van der Waals surface area contributed by atoms with E-state index < -0.39 is 23.9 Å². The van der Waals surface area contributed by atoms with E-state index in [9.17, 15) is 28.9 Å². The summed E-state index contributed by atoms with van der Waals surface area (Å²) in [4.78, 5) is 71.6. The van der Waals surface area contributed by atoms with Crippen molar-refractivity contribution in [1.29, 1.82) is 0 Å². The molecule has 4 amide bonds. The Morgan fingerprint density at radius 3 is 2.45 bits per heavy atom.